The van der Waals surface area contributed by atoms with Crippen LogP contribution in [0.25, 0.3) is 10.9 Å². The molecule has 134 valence electrons. The molecule has 1 N–H and O–H groups in total. The summed E-state index contributed by atoms with van der Waals surface area (Å²) < 4.78 is 28.4. The third-order valence-corrected chi connectivity index (χ3v) is 6.29. The van der Waals surface area contributed by atoms with Gasteiger partial charge in [0.2, 0.25) is 0 Å². The quantitative estimate of drug-likeness (QED) is 0.826. The number of benzene rings is 1. The van der Waals surface area contributed by atoms with Crippen molar-refractivity contribution >= 4 is 32.6 Å². The fraction of sp³-hybridized carbons (Fsp3) is 0.412. The Balaban J connectivity index is 1.68. The van der Waals surface area contributed by atoms with E-state index in [9.17, 15) is 18.0 Å². The molecule has 0 aliphatic carbocycles. The van der Waals surface area contributed by atoms with Crippen molar-refractivity contribution in [2.75, 3.05) is 18.6 Å². The first-order valence-corrected chi connectivity index (χ1v) is 9.85. The van der Waals surface area contributed by atoms with E-state index in [4.69, 9.17) is 4.74 Å². The van der Waals surface area contributed by atoms with Crippen LogP contribution < -0.4 is 0 Å². The topological polar surface area (TPSA) is 96.5 Å². The molecule has 1 fully saturated rings. The molecule has 25 heavy (non-hydrogen) atoms. The van der Waals surface area contributed by atoms with Crippen molar-refractivity contribution in [2.45, 2.75) is 25.5 Å². The van der Waals surface area contributed by atoms with Gasteiger partial charge < -0.3 is 14.6 Å². The van der Waals surface area contributed by atoms with Gasteiger partial charge in [0, 0.05) is 30.2 Å². The molecule has 2 atom stereocenters. The molecule has 0 bridgehead atoms. The largest absolute Gasteiger partial charge is 0.449 e. The third kappa shape index (κ3) is 3.53. The van der Waals surface area contributed by atoms with Crippen molar-refractivity contribution in [3.8, 4) is 0 Å². The maximum absolute atomic E-state index is 12.5. The van der Waals surface area contributed by atoms with E-state index in [1.807, 2.05) is 18.2 Å². The summed E-state index contributed by atoms with van der Waals surface area (Å²) in [5.41, 5.74) is 1.17. The van der Waals surface area contributed by atoms with Crippen molar-refractivity contribution in [3.05, 3.63) is 36.0 Å². The van der Waals surface area contributed by atoms with Crippen LogP contribution in [-0.2, 0) is 19.4 Å². The molecule has 2 aromatic rings. The summed E-state index contributed by atoms with van der Waals surface area (Å²) in [5, 5.41) is 0.724. The number of carbonyl (C=O) groups is 2. The molecule has 7 nitrogen and oxygen atoms in total. The Morgan fingerprint density at radius 3 is 2.72 bits per heavy atom. The van der Waals surface area contributed by atoms with Gasteiger partial charge in [-0.2, -0.15) is 0 Å². The number of esters is 1. The second-order valence-corrected chi connectivity index (χ2v) is 8.53. The number of fused-ring (bicyclic) bond motifs is 1. The lowest BCUT2D eigenvalue weighted by molar-refractivity contribution is -0.140. The summed E-state index contributed by atoms with van der Waals surface area (Å²) in [6.07, 6.45) is 0.972. The summed E-state index contributed by atoms with van der Waals surface area (Å²) in [6.45, 7) is 1.50. The van der Waals surface area contributed by atoms with Crippen molar-refractivity contribution in [1.29, 1.82) is 0 Å². The Kier molecular flexibility index (Phi) is 4.55. The lowest BCUT2D eigenvalue weighted by atomic mass is 10.2. The van der Waals surface area contributed by atoms with Gasteiger partial charge in [-0.3, -0.25) is 4.79 Å². The van der Waals surface area contributed by atoms with Crippen LogP contribution in [-0.4, -0.2) is 60.9 Å². The molecule has 1 aliphatic heterocycles. The maximum atomic E-state index is 12.5. The average Bonchev–Trinajstić information content (AvgIpc) is 3.16. The molecule has 0 spiro atoms. The minimum absolute atomic E-state index is 0.0433. The summed E-state index contributed by atoms with van der Waals surface area (Å²) in [5.74, 6) is -0.960. The summed E-state index contributed by atoms with van der Waals surface area (Å²) in [6, 6.07) is 6.94. The number of rotatable bonds is 4. The number of hydrogen-bond acceptors (Lipinski definition) is 5. The van der Waals surface area contributed by atoms with Gasteiger partial charge >= 0.3 is 5.97 Å². The number of nitrogens with one attached hydrogen (secondary N) is 1. The van der Waals surface area contributed by atoms with Gasteiger partial charge in [-0.15, -0.1) is 0 Å². The maximum Gasteiger partial charge on any atom is 0.341 e. The average molecular weight is 364 g/mol. The Morgan fingerprint density at radius 2 is 2.04 bits per heavy atom. The Hall–Kier alpha value is -2.35. The lowest BCUT2D eigenvalue weighted by Crippen LogP contribution is -2.44. The van der Waals surface area contributed by atoms with Gasteiger partial charge in [-0.05, 0) is 19.4 Å². The van der Waals surface area contributed by atoms with Crippen LogP contribution in [0.2, 0.25) is 0 Å². The van der Waals surface area contributed by atoms with E-state index in [0.717, 1.165) is 10.9 Å². The number of likely N-dealkylation sites (N-methyl/N-ethyl adjacent to an activating group) is 1. The molecular formula is C17H20N2O5S. The van der Waals surface area contributed by atoms with Crippen LogP contribution in [0.1, 0.15) is 23.7 Å². The molecule has 1 amide bonds. The zero-order valence-corrected chi connectivity index (χ0v) is 14.9. The monoisotopic (exact) mass is 364 g/mol. The first-order valence-electron chi connectivity index (χ1n) is 8.03. The highest BCUT2D eigenvalue weighted by Crippen LogP contribution is 2.20. The second-order valence-electron chi connectivity index (χ2n) is 6.30. The van der Waals surface area contributed by atoms with E-state index in [0.29, 0.717) is 12.0 Å². The SMILES string of the molecule is C[C@@H](OC(=O)c1c[nH]c2ccccc12)C(=O)N(C)[C@@H]1CCS(=O)(=O)C1. The molecule has 1 aliphatic rings. The van der Waals surface area contributed by atoms with Crippen LogP contribution >= 0.6 is 0 Å². The van der Waals surface area contributed by atoms with Crippen molar-refractivity contribution in [1.82, 2.24) is 9.88 Å². The standard InChI is InChI=1S/C17H20N2O5S/c1-11(16(20)19(2)12-7-8-25(22,23)10-12)24-17(21)14-9-18-15-6-4-3-5-13(14)15/h3-6,9,11-12,18H,7-8,10H2,1-2H3/t11-,12-/m1/s1. The zero-order chi connectivity index (χ0) is 18.2. The minimum Gasteiger partial charge on any atom is -0.449 e. The number of ether oxygens (including phenoxy) is 1. The molecular weight excluding hydrogens is 344 g/mol. The normalized spacial score (nSPS) is 20.3. The Morgan fingerprint density at radius 1 is 1.32 bits per heavy atom. The first-order chi connectivity index (χ1) is 11.8. The Labute approximate surface area is 145 Å². The van der Waals surface area contributed by atoms with Crippen LogP contribution in [0.5, 0.6) is 0 Å². The summed E-state index contributed by atoms with van der Waals surface area (Å²) in [4.78, 5) is 29.2. The Bertz CT molecular complexity index is 918. The van der Waals surface area contributed by atoms with Crippen LogP contribution in [0.3, 0.4) is 0 Å². The van der Waals surface area contributed by atoms with Gasteiger partial charge in [-0.1, -0.05) is 18.2 Å². The van der Waals surface area contributed by atoms with E-state index in [2.05, 4.69) is 4.98 Å². The highest BCUT2D eigenvalue weighted by molar-refractivity contribution is 7.91. The number of amides is 1. The molecule has 0 radical (unpaired) electrons. The van der Waals surface area contributed by atoms with Gasteiger partial charge in [0.25, 0.3) is 5.91 Å². The second kappa shape index (κ2) is 6.51. The molecule has 8 heteroatoms. The van der Waals surface area contributed by atoms with Crippen molar-refractivity contribution in [2.24, 2.45) is 0 Å². The highest BCUT2D eigenvalue weighted by Gasteiger charge is 2.35. The predicted molar refractivity (Wildman–Crippen MR) is 93.0 cm³/mol. The molecule has 0 saturated carbocycles. The predicted octanol–water partition coefficient (Wildman–Crippen LogP) is 1.36. The van der Waals surface area contributed by atoms with Crippen molar-refractivity contribution in [3.63, 3.8) is 0 Å². The smallest absolute Gasteiger partial charge is 0.341 e. The number of nitrogens with zero attached hydrogens (tertiary/aromatic N) is 1. The lowest BCUT2D eigenvalue weighted by Gasteiger charge is -2.26. The summed E-state index contributed by atoms with van der Waals surface area (Å²) >= 11 is 0. The summed E-state index contributed by atoms with van der Waals surface area (Å²) in [7, 11) is -1.54. The number of H-pyrrole nitrogens is 1. The van der Waals surface area contributed by atoms with E-state index >= 15 is 0 Å². The molecule has 1 aromatic heterocycles. The molecule has 1 saturated heterocycles. The number of aromatic nitrogens is 1. The van der Waals surface area contributed by atoms with Gasteiger partial charge in [0.05, 0.1) is 17.1 Å². The van der Waals surface area contributed by atoms with Crippen LogP contribution in [0.4, 0.5) is 0 Å². The van der Waals surface area contributed by atoms with E-state index in [1.54, 1.807) is 19.3 Å². The minimum atomic E-state index is -3.09. The number of hydrogen-bond donors (Lipinski definition) is 1. The fourth-order valence-electron chi connectivity index (χ4n) is 3.06. The molecule has 0 unspecified atom stereocenters. The van der Waals surface area contributed by atoms with Gasteiger partial charge in [0.15, 0.2) is 15.9 Å². The highest BCUT2D eigenvalue weighted by atomic mass is 32.2. The van der Waals surface area contributed by atoms with Crippen molar-refractivity contribution < 1.29 is 22.7 Å². The number of aromatic amines is 1. The third-order valence-electron chi connectivity index (χ3n) is 4.54. The van der Waals surface area contributed by atoms with Crippen LogP contribution in [0.15, 0.2) is 30.5 Å². The molecule has 3 rings (SSSR count). The number of sulfone groups is 1. The van der Waals surface area contributed by atoms with Crippen LogP contribution in [0, 0.1) is 0 Å². The van der Waals surface area contributed by atoms with E-state index in [-0.39, 0.29) is 17.5 Å². The molecule has 2 heterocycles. The fourth-order valence-corrected chi connectivity index (χ4v) is 4.84. The number of carbonyl (C=O) groups excluding carboxylic acids is 2. The number of para-hydroxylation sites is 1. The molecule has 1 aromatic carbocycles. The van der Waals surface area contributed by atoms with Gasteiger partial charge in [-0.25, -0.2) is 13.2 Å². The van der Waals surface area contributed by atoms with E-state index < -0.39 is 27.8 Å². The zero-order valence-electron chi connectivity index (χ0n) is 14.1. The van der Waals surface area contributed by atoms with E-state index in [1.165, 1.54) is 11.8 Å². The first kappa shape index (κ1) is 17.5. The van der Waals surface area contributed by atoms with Gasteiger partial charge in [0.1, 0.15) is 0 Å².